The number of nitrogens with one attached hydrogen (secondary N) is 1. The number of para-hydroxylation sites is 1. The Bertz CT molecular complexity index is 706. The number of nitrogens with zero attached hydrogens (tertiary/aromatic N) is 1. The number of benzene rings is 1. The van der Waals surface area contributed by atoms with E-state index in [-0.39, 0.29) is 6.61 Å². The van der Waals surface area contributed by atoms with E-state index in [9.17, 15) is 5.11 Å². The fraction of sp³-hybridized carbons (Fsp3) is 0.267. The van der Waals surface area contributed by atoms with Gasteiger partial charge < -0.3 is 15.2 Å². The Labute approximate surface area is 110 Å². The molecule has 1 aromatic carbocycles. The summed E-state index contributed by atoms with van der Waals surface area (Å²) in [6.07, 6.45) is 2.15. The van der Waals surface area contributed by atoms with Crippen LogP contribution in [-0.2, 0) is 0 Å². The Balaban J connectivity index is 2.15. The van der Waals surface area contributed by atoms with Crippen molar-refractivity contribution in [2.75, 3.05) is 6.61 Å². The minimum Gasteiger partial charge on any atom is -0.396 e. The van der Waals surface area contributed by atoms with Crippen LogP contribution in [0.3, 0.4) is 0 Å². The third-order valence-corrected chi connectivity index (χ3v) is 3.41. The third kappa shape index (κ3) is 2.09. The van der Waals surface area contributed by atoms with Crippen molar-refractivity contribution in [1.29, 1.82) is 0 Å². The van der Waals surface area contributed by atoms with Crippen LogP contribution >= 0.6 is 0 Å². The lowest BCUT2D eigenvalue weighted by Gasteiger charge is -2.09. The highest BCUT2D eigenvalue weighted by molar-refractivity contribution is 6.07. The molecule has 0 spiro atoms. The number of pyridine rings is 1. The Kier molecular flexibility index (Phi) is 3.19. The van der Waals surface area contributed by atoms with Gasteiger partial charge in [-0.2, -0.15) is 0 Å². The summed E-state index contributed by atoms with van der Waals surface area (Å²) in [6, 6.07) is 10.00. The van der Waals surface area contributed by atoms with Crippen molar-refractivity contribution in [3.8, 4) is 0 Å². The van der Waals surface area contributed by atoms with E-state index in [2.05, 4.69) is 16.0 Å². The molecule has 0 fully saturated rings. The molecule has 0 bridgehead atoms. The molecule has 0 radical (unpaired) electrons. The SMILES string of the molecule is OCCC[C@@H](O)c1nccc2c1[nH]c1ccccc12. The zero-order chi connectivity index (χ0) is 13.2. The van der Waals surface area contributed by atoms with E-state index in [1.54, 1.807) is 6.20 Å². The van der Waals surface area contributed by atoms with Crippen molar-refractivity contribution in [3.63, 3.8) is 0 Å². The van der Waals surface area contributed by atoms with Gasteiger partial charge in [-0.25, -0.2) is 0 Å². The Morgan fingerprint density at radius 3 is 2.84 bits per heavy atom. The quantitative estimate of drug-likeness (QED) is 0.672. The molecule has 19 heavy (non-hydrogen) atoms. The summed E-state index contributed by atoms with van der Waals surface area (Å²) in [6.45, 7) is 0.0831. The number of aromatic nitrogens is 2. The lowest BCUT2D eigenvalue weighted by atomic mass is 10.1. The van der Waals surface area contributed by atoms with E-state index >= 15 is 0 Å². The predicted molar refractivity (Wildman–Crippen MR) is 74.9 cm³/mol. The van der Waals surface area contributed by atoms with Gasteiger partial charge in [0, 0.05) is 29.1 Å². The lowest BCUT2D eigenvalue weighted by molar-refractivity contribution is 0.149. The molecule has 98 valence electrons. The van der Waals surface area contributed by atoms with E-state index in [0.717, 1.165) is 21.8 Å². The molecule has 0 aliphatic carbocycles. The number of hydrogen-bond donors (Lipinski definition) is 3. The van der Waals surface area contributed by atoms with Crippen LogP contribution < -0.4 is 0 Å². The fourth-order valence-electron chi connectivity index (χ4n) is 2.47. The van der Waals surface area contributed by atoms with Gasteiger partial charge in [-0.05, 0) is 25.0 Å². The molecule has 3 rings (SSSR count). The minimum absolute atomic E-state index is 0.0831. The van der Waals surface area contributed by atoms with Crippen LogP contribution in [0.15, 0.2) is 36.5 Å². The average molecular weight is 256 g/mol. The molecule has 0 saturated carbocycles. The molecule has 3 N–H and O–H groups in total. The number of hydrogen-bond acceptors (Lipinski definition) is 3. The summed E-state index contributed by atoms with van der Waals surface area (Å²) >= 11 is 0. The Hall–Kier alpha value is -1.91. The minimum atomic E-state index is -0.649. The van der Waals surface area contributed by atoms with E-state index in [0.29, 0.717) is 18.5 Å². The Morgan fingerprint density at radius 1 is 1.16 bits per heavy atom. The van der Waals surface area contributed by atoms with Crippen LogP contribution in [0.1, 0.15) is 24.6 Å². The van der Waals surface area contributed by atoms with Gasteiger partial charge in [-0.15, -0.1) is 0 Å². The van der Waals surface area contributed by atoms with Gasteiger partial charge in [0.2, 0.25) is 0 Å². The van der Waals surface area contributed by atoms with Crippen molar-refractivity contribution in [1.82, 2.24) is 9.97 Å². The van der Waals surface area contributed by atoms with E-state index in [1.807, 2.05) is 24.3 Å². The highest BCUT2D eigenvalue weighted by Crippen LogP contribution is 2.30. The summed E-state index contributed by atoms with van der Waals surface area (Å²) in [5.41, 5.74) is 2.58. The average Bonchev–Trinajstić information content (AvgIpc) is 2.83. The van der Waals surface area contributed by atoms with Crippen LogP contribution in [-0.4, -0.2) is 26.8 Å². The predicted octanol–water partition coefficient (Wildman–Crippen LogP) is 2.52. The van der Waals surface area contributed by atoms with Crippen molar-refractivity contribution >= 4 is 21.8 Å². The first-order valence-corrected chi connectivity index (χ1v) is 6.45. The van der Waals surface area contributed by atoms with Crippen molar-refractivity contribution in [2.45, 2.75) is 18.9 Å². The first-order valence-electron chi connectivity index (χ1n) is 6.45. The summed E-state index contributed by atoms with van der Waals surface area (Å²) in [4.78, 5) is 7.61. The largest absolute Gasteiger partial charge is 0.396 e. The molecule has 0 aliphatic heterocycles. The van der Waals surface area contributed by atoms with Crippen molar-refractivity contribution in [3.05, 3.63) is 42.2 Å². The smallest absolute Gasteiger partial charge is 0.0981 e. The number of H-pyrrole nitrogens is 1. The van der Waals surface area contributed by atoms with E-state index in [4.69, 9.17) is 5.11 Å². The van der Waals surface area contributed by atoms with Gasteiger partial charge >= 0.3 is 0 Å². The second kappa shape index (κ2) is 4.99. The molecule has 2 aromatic heterocycles. The monoisotopic (exact) mass is 256 g/mol. The van der Waals surface area contributed by atoms with Gasteiger partial charge in [-0.3, -0.25) is 4.98 Å². The highest BCUT2D eigenvalue weighted by atomic mass is 16.3. The van der Waals surface area contributed by atoms with E-state index in [1.165, 1.54) is 0 Å². The maximum Gasteiger partial charge on any atom is 0.0981 e. The molecule has 4 heteroatoms. The highest BCUT2D eigenvalue weighted by Gasteiger charge is 2.15. The first-order chi connectivity index (χ1) is 9.31. The molecule has 0 aliphatic rings. The molecular formula is C15H16N2O2. The number of aliphatic hydroxyl groups excluding tert-OH is 2. The summed E-state index contributed by atoms with van der Waals surface area (Å²) in [7, 11) is 0. The normalized spacial score (nSPS) is 13.2. The topological polar surface area (TPSA) is 69.1 Å². The maximum absolute atomic E-state index is 10.2. The molecule has 0 saturated heterocycles. The first kappa shape index (κ1) is 12.1. The third-order valence-electron chi connectivity index (χ3n) is 3.41. The summed E-state index contributed by atoms with van der Waals surface area (Å²) in [5.74, 6) is 0. The molecule has 0 amide bonds. The van der Waals surface area contributed by atoms with Crippen molar-refractivity contribution < 1.29 is 10.2 Å². The van der Waals surface area contributed by atoms with Crippen molar-refractivity contribution in [2.24, 2.45) is 0 Å². The second-order valence-corrected chi connectivity index (χ2v) is 4.67. The van der Waals surface area contributed by atoms with Gasteiger partial charge in [0.05, 0.1) is 17.3 Å². The number of aromatic amines is 1. The van der Waals surface area contributed by atoms with Gasteiger partial charge in [-0.1, -0.05) is 18.2 Å². The molecule has 1 atom stereocenters. The van der Waals surface area contributed by atoms with Crippen LogP contribution in [0.5, 0.6) is 0 Å². The maximum atomic E-state index is 10.2. The molecule has 4 nitrogen and oxygen atoms in total. The number of rotatable bonds is 4. The molecule has 0 unspecified atom stereocenters. The number of aliphatic hydroxyl groups is 2. The van der Waals surface area contributed by atoms with Crippen LogP contribution in [0.25, 0.3) is 21.8 Å². The van der Waals surface area contributed by atoms with Crippen LogP contribution in [0.4, 0.5) is 0 Å². The Morgan fingerprint density at radius 2 is 2.00 bits per heavy atom. The molecule has 2 heterocycles. The van der Waals surface area contributed by atoms with E-state index < -0.39 is 6.10 Å². The molecular weight excluding hydrogens is 240 g/mol. The zero-order valence-corrected chi connectivity index (χ0v) is 10.5. The summed E-state index contributed by atoms with van der Waals surface area (Å²) in [5, 5.41) is 21.2. The molecule has 3 aromatic rings. The van der Waals surface area contributed by atoms with Gasteiger partial charge in [0.1, 0.15) is 0 Å². The number of fused-ring (bicyclic) bond motifs is 3. The second-order valence-electron chi connectivity index (χ2n) is 4.67. The lowest BCUT2D eigenvalue weighted by Crippen LogP contribution is -2.02. The zero-order valence-electron chi connectivity index (χ0n) is 10.5. The van der Waals surface area contributed by atoms with Gasteiger partial charge in [0.15, 0.2) is 0 Å². The summed E-state index contributed by atoms with van der Waals surface area (Å²) < 4.78 is 0. The van der Waals surface area contributed by atoms with Crippen LogP contribution in [0, 0.1) is 0 Å². The fourth-order valence-corrected chi connectivity index (χ4v) is 2.47. The standard InChI is InChI=1S/C15H16N2O2/c18-9-3-6-13(19)15-14-11(7-8-16-15)10-4-1-2-5-12(10)17-14/h1-2,4-5,7-8,13,17-19H,3,6,9H2/t13-/m1/s1. The van der Waals surface area contributed by atoms with Gasteiger partial charge in [0.25, 0.3) is 0 Å². The van der Waals surface area contributed by atoms with Crippen LogP contribution in [0.2, 0.25) is 0 Å².